The fourth-order valence-electron chi connectivity index (χ4n) is 3.98. The zero-order chi connectivity index (χ0) is 27.0. The van der Waals surface area contributed by atoms with Gasteiger partial charge in [-0.15, -0.1) is 0 Å². The molecule has 11 heteroatoms. The van der Waals surface area contributed by atoms with Crippen molar-refractivity contribution in [2.75, 3.05) is 20.2 Å². The van der Waals surface area contributed by atoms with Crippen LogP contribution in [0.4, 0.5) is 4.79 Å². The minimum absolute atomic E-state index is 0.0320. The molecule has 198 valence electrons. The minimum atomic E-state index is -0.989. The van der Waals surface area contributed by atoms with Crippen LogP contribution >= 0.6 is 11.6 Å². The van der Waals surface area contributed by atoms with Crippen LogP contribution in [0, 0.1) is 11.8 Å². The van der Waals surface area contributed by atoms with Gasteiger partial charge < -0.3 is 20.7 Å². The van der Waals surface area contributed by atoms with Crippen LogP contribution in [0.2, 0.25) is 5.02 Å². The molecule has 1 aliphatic rings. The standard InChI is InChI=1S/C25H35ClN4O6/c1-6-19(23(33)28-20(15(4)31)9-14(2)3)29-25(35)30-13-22(32)27-12-17(24(30)34)10-16-11-18(26)7-8-21(16)36-5/h7-8,11,14,17,19-20H,6,9-10,12-13H2,1-5H3,(H,27,32)(H,28,33)(H,29,35)/t17?,19-,20+/m1/s1. The highest BCUT2D eigenvalue weighted by molar-refractivity contribution is 6.30. The summed E-state index contributed by atoms with van der Waals surface area (Å²) in [6, 6.07) is 2.49. The minimum Gasteiger partial charge on any atom is -0.496 e. The van der Waals surface area contributed by atoms with Gasteiger partial charge in [-0.3, -0.25) is 24.1 Å². The number of ketones is 1. The molecule has 3 N–H and O–H groups in total. The van der Waals surface area contributed by atoms with Crippen molar-refractivity contribution >= 4 is 41.1 Å². The van der Waals surface area contributed by atoms with E-state index < -0.39 is 48.3 Å². The second-order valence-corrected chi connectivity index (χ2v) is 9.73. The topological polar surface area (TPSA) is 134 Å². The van der Waals surface area contributed by atoms with Crippen molar-refractivity contribution in [3.63, 3.8) is 0 Å². The predicted molar refractivity (Wildman–Crippen MR) is 135 cm³/mol. The Bertz CT molecular complexity index is 999. The van der Waals surface area contributed by atoms with Crippen molar-refractivity contribution in [2.45, 2.75) is 59.0 Å². The van der Waals surface area contributed by atoms with Crippen LogP contribution in [-0.4, -0.2) is 66.7 Å². The quantitative estimate of drug-likeness (QED) is 0.430. The van der Waals surface area contributed by atoms with E-state index in [2.05, 4.69) is 16.0 Å². The van der Waals surface area contributed by atoms with E-state index in [0.717, 1.165) is 4.90 Å². The van der Waals surface area contributed by atoms with Crippen LogP contribution in [0.3, 0.4) is 0 Å². The van der Waals surface area contributed by atoms with Crippen LogP contribution in [0.5, 0.6) is 5.75 Å². The number of hydrogen-bond donors (Lipinski definition) is 3. The number of benzene rings is 1. The van der Waals surface area contributed by atoms with Gasteiger partial charge in [-0.05, 0) is 55.9 Å². The third kappa shape index (κ3) is 7.94. The number of rotatable bonds is 10. The van der Waals surface area contributed by atoms with E-state index in [1.165, 1.54) is 14.0 Å². The number of hydrogen-bond acceptors (Lipinski definition) is 6. The molecule has 0 aliphatic carbocycles. The highest BCUT2D eigenvalue weighted by Gasteiger charge is 2.36. The molecule has 0 radical (unpaired) electrons. The lowest BCUT2D eigenvalue weighted by Crippen LogP contribution is -2.56. The first-order chi connectivity index (χ1) is 17.0. The van der Waals surface area contributed by atoms with Gasteiger partial charge in [0.1, 0.15) is 18.3 Å². The van der Waals surface area contributed by atoms with Crippen LogP contribution in [-0.2, 0) is 25.6 Å². The first-order valence-corrected chi connectivity index (χ1v) is 12.4. The van der Waals surface area contributed by atoms with E-state index in [0.29, 0.717) is 22.8 Å². The molecular weight excluding hydrogens is 488 g/mol. The third-order valence-electron chi connectivity index (χ3n) is 5.95. The molecule has 0 bridgehead atoms. The molecule has 1 fully saturated rings. The maximum Gasteiger partial charge on any atom is 0.325 e. The summed E-state index contributed by atoms with van der Waals surface area (Å²) in [6.07, 6.45) is 0.867. The number of nitrogens with zero attached hydrogens (tertiary/aromatic N) is 1. The molecule has 5 amide bonds. The number of imide groups is 1. The van der Waals surface area contributed by atoms with Crippen molar-refractivity contribution in [1.29, 1.82) is 0 Å². The van der Waals surface area contributed by atoms with Crippen molar-refractivity contribution in [3.05, 3.63) is 28.8 Å². The highest BCUT2D eigenvalue weighted by Crippen LogP contribution is 2.26. The molecule has 1 aromatic carbocycles. The fourth-order valence-corrected chi connectivity index (χ4v) is 4.17. The van der Waals surface area contributed by atoms with Gasteiger partial charge in [0.05, 0.1) is 19.1 Å². The number of halogens is 1. The van der Waals surface area contributed by atoms with E-state index in [-0.39, 0.29) is 31.1 Å². The number of amides is 5. The molecule has 0 saturated carbocycles. The second-order valence-electron chi connectivity index (χ2n) is 9.30. The van der Waals surface area contributed by atoms with E-state index in [1.807, 2.05) is 13.8 Å². The summed E-state index contributed by atoms with van der Waals surface area (Å²) >= 11 is 6.10. The lowest BCUT2D eigenvalue weighted by Gasteiger charge is -2.26. The summed E-state index contributed by atoms with van der Waals surface area (Å²) in [5.74, 6) is -1.82. The summed E-state index contributed by atoms with van der Waals surface area (Å²) in [5.41, 5.74) is 0.658. The Morgan fingerprint density at radius 1 is 1.19 bits per heavy atom. The van der Waals surface area contributed by atoms with Gasteiger partial charge in [0.2, 0.25) is 17.7 Å². The van der Waals surface area contributed by atoms with Crippen molar-refractivity contribution in [3.8, 4) is 5.75 Å². The summed E-state index contributed by atoms with van der Waals surface area (Å²) in [6.45, 7) is 6.52. The molecule has 1 aliphatic heterocycles. The Hall–Kier alpha value is -3.14. The Labute approximate surface area is 216 Å². The molecule has 0 spiro atoms. The highest BCUT2D eigenvalue weighted by atomic mass is 35.5. The van der Waals surface area contributed by atoms with Crippen LogP contribution < -0.4 is 20.7 Å². The summed E-state index contributed by atoms with van der Waals surface area (Å²) in [5, 5.41) is 8.35. The average Bonchev–Trinajstić information content (AvgIpc) is 2.95. The molecule has 1 heterocycles. The maximum absolute atomic E-state index is 13.3. The molecule has 0 aromatic heterocycles. The van der Waals surface area contributed by atoms with E-state index in [1.54, 1.807) is 25.1 Å². The number of methoxy groups -OCH3 is 1. The van der Waals surface area contributed by atoms with Gasteiger partial charge in [-0.2, -0.15) is 0 Å². The molecule has 1 unspecified atom stereocenters. The third-order valence-corrected chi connectivity index (χ3v) is 6.19. The molecular formula is C25H35ClN4O6. The molecule has 1 aromatic rings. The van der Waals surface area contributed by atoms with Gasteiger partial charge in [0.25, 0.3) is 0 Å². The van der Waals surface area contributed by atoms with Crippen LogP contribution in [0.1, 0.15) is 46.1 Å². The van der Waals surface area contributed by atoms with Gasteiger partial charge >= 0.3 is 6.03 Å². The average molecular weight is 523 g/mol. The largest absolute Gasteiger partial charge is 0.496 e. The Kier molecular flexibility index (Phi) is 10.7. The lowest BCUT2D eigenvalue weighted by molar-refractivity contribution is -0.134. The predicted octanol–water partition coefficient (Wildman–Crippen LogP) is 2.07. The van der Waals surface area contributed by atoms with Gasteiger partial charge in [-0.1, -0.05) is 32.4 Å². The smallest absolute Gasteiger partial charge is 0.325 e. The number of Topliss-reactive ketones (excluding diaryl/α,β-unsaturated/α-hetero) is 1. The zero-order valence-corrected chi connectivity index (χ0v) is 22.1. The van der Waals surface area contributed by atoms with Gasteiger partial charge in [-0.25, -0.2) is 4.79 Å². The Morgan fingerprint density at radius 2 is 1.89 bits per heavy atom. The second kappa shape index (κ2) is 13.2. The molecule has 1 saturated heterocycles. The summed E-state index contributed by atoms with van der Waals surface area (Å²) < 4.78 is 5.35. The van der Waals surface area contributed by atoms with Crippen molar-refractivity contribution < 1.29 is 28.7 Å². The maximum atomic E-state index is 13.3. The van der Waals surface area contributed by atoms with E-state index in [9.17, 15) is 24.0 Å². The first kappa shape index (κ1) is 29.1. The lowest BCUT2D eigenvalue weighted by atomic mass is 9.97. The zero-order valence-electron chi connectivity index (χ0n) is 21.4. The summed E-state index contributed by atoms with van der Waals surface area (Å²) in [4.78, 5) is 64.2. The Morgan fingerprint density at radius 3 is 2.47 bits per heavy atom. The summed E-state index contributed by atoms with van der Waals surface area (Å²) in [7, 11) is 1.50. The van der Waals surface area contributed by atoms with Crippen molar-refractivity contribution in [1.82, 2.24) is 20.9 Å². The van der Waals surface area contributed by atoms with Crippen LogP contribution in [0.15, 0.2) is 18.2 Å². The number of nitrogens with one attached hydrogen (secondary N) is 3. The van der Waals surface area contributed by atoms with Gasteiger partial charge in [0.15, 0.2) is 5.78 Å². The fraction of sp³-hybridized carbons (Fsp3) is 0.560. The normalized spacial score (nSPS) is 17.6. The molecule has 3 atom stereocenters. The van der Waals surface area contributed by atoms with E-state index >= 15 is 0 Å². The Balaban J connectivity index is 2.17. The molecule has 10 nitrogen and oxygen atoms in total. The van der Waals surface area contributed by atoms with Crippen molar-refractivity contribution in [2.24, 2.45) is 11.8 Å². The SMILES string of the molecule is CC[C@@H](NC(=O)N1CC(=O)NCC(Cc2cc(Cl)ccc2OC)C1=O)C(=O)N[C@@H](CC(C)C)C(C)=O. The van der Waals surface area contributed by atoms with Gasteiger partial charge in [0, 0.05) is 11.6 Å². The van der Waals surface area contributed by atoms with Crippen LogP contribution in [0.25, 0.3) is 0 Å². The first-order valence-electron chi connectivity index (χ1n) is 12.0. The number of ether oxygens (including phenoxy) is 1. The number of urea groups is 1. The molecule has 2 rings (SSSR count). The van der Waals surface area contributed by atoms with E-state index in [4.69, 9.17) is 16.3 Å². The molecule has 36 heavy (non-hydrogen) atoms. The number of carbonyl (C=O) groups excluding carboxylic acids is 5. The number of carbonyl (C=O) groups is 5. The monoisotopic (exact) mass is 522 g/mol.